The minimum absolute atomic E-state index is 0.158. The quantitative estimate of drug-likeness (QED) is 0.164. The van der Waals surface area contributed by atoms with Gasteiger partial charge in [0.1, 0.15) is 5.82 Å². The fourth-order valence-electron chi connectivity index (χ4n) is 11.2. The predicted octanol–water partition coefficient (Wildman–Crippen LogP) is 16.8. The van der Waals surface area contributed by atoms with E-state index in [2.05, 4.69) is 118 Å². The van der Waals surface area contributed by atoms with Crippen LogP contribution in [0, 0.1) is 0 Å². The monoisotopic (exact) mass is 899 g/mol. The molecule has 0 N–H and O–H groups in total. The van der Waals surface area contributed by atoms with Gasteiger partial charge in [0, 0.05) is 66.0 Å². The van der Waals surface area contributed by atoms with Gasteiger partial charge in [-0.3, -0.25) is 4.57 Å². The Balaban J connectivity index is 1.17. The lowest BCUT2D eigenvalue weighted by Gasteiger charge is -2.21. The van der Waals surface area contributed by atoms with E-state index < -0.39 is 0 Å². The van der Waals surface area contributed by atoms with Crippen LogP contribution in [0.15, 0.2) is 249 Å². The molecule has 326 valence electrons. The molecule has 70 heavy (non-hydrogen) atoms. The zero-order chi connectivity index (χ0) is 52.8. The zero-order valence-electron chi connectivity index (χ0n) is 45.3. The Kier molecular flexibility index (Phi) is 6.76. The lowest BCUT2D eigenvalue weighted by Crippen LogP contribution is -2.06. The number of fused-ring (bicyclic) bond motifs is 12. The van der Waals surface area contributed by atoms with Gasteiger partial charge >= 0.3 is 0 Å². The number of para-hydroxylation sites is 9. The smallest absolute Gasteiger partial charge is 0.140 e. The Morgan fingerprint density at radius 1 is 0.314 bits per heavy atom. The molecule has 0 saturated heterocycles. The molecule has 15 aromatic rings. The maximum atomic E-state index is 9.59. The van der Waals surface area contributed by atoms with Crippen LogP contribution in [0.25, 0.3) is 132 Å². The highest BCUT2D eigenvalue weighted by Crippen LogP contribution is 2.46. The third-order valence-electron chi connectivity index (χ3n) is 14.0. The lowest BCUT2D eigenvalue weighted by atomic mass is 9.93. The molecule has 0 fully saturated rings. The molecule has 0 saturated carbocycles. The Morgan fingerprint density at radius 3 is 1.40 bits per heavy atom. The van der Waals surface area contributed by atoms with E-state index in [9.17, 15) is 5.48 Å². The second kappa shape index (κ2) is 15.0. The standard InChI is InChI=1S/C65H41N5/c1-2-20-42(21-3-1)68-57-34-13-10-28-50(57)52-30-18-31-53(65(52)68)51-29-19-39-62(69-58-35-14-6-24-46(58)47-25-7-15-36-59(47)69)64(51)54-40-43(67-55-32-11-4-22-44(55)45-23-5-12-33-56(45)67)41-63(66-54)70-60-37-16-8-26-48(60)49-27-9-17-38-61(49)70/h1-41H/i4D,8D,11D,16D,22D,26D,32D,37D. The first-order valence-corrected chi connectivity index (χ1v) is 23.3. The SMILES string of the molecule is [2H]c1c([2H])c([2H])c2c(c1[2H])c1ccccc1n2-c1cc(-c2c(-c3cccc4c5ccccc5n(-c5ccccc5)c34)cccc2-n2c3ccccc3c3ccccc32)nc(-n2c3ccccc3c3c([2H])c([2H])c([2H])c([2H])c32)c1. The van der Waals surface area contributed by atoms with Crippen molar-refractivity contribution < 1.29 is 11.0 Å². The van der Waals surface area contributed by atoms with Gasteiger partial charge in [0.15, 0.2) is 0 Å². The van der Waals surface area contributed by atoms with Crippen LogP contribution < -0.4 is 0 Å². The summed E-state index contributed by atoms with van der Waals surface area (Å²) >= 11 is 0. The Hall–Kier alpha value is -9.45. The number of hydrogen-bond donors (Lipinski definition) is 0. The number of benzene rings is 10. The van der Waals surface area contributed by atoms with E-state index in [1.165, 1.54) is 0 Å². The maximum Gasteiger partial charge on any atom is 0.140 e. The van der Waals surface area contributed by atoms with Crippen molar-refractivity contribution in [2.45, 2.75) is 0 Å². The largest absolute Gasteiger partial charge is 0.309 e. The van der Waals surface area contributed by atoms with Gasteiger partial charge in [0.05, 0.1) is 72.2 Å². The molecule has 0 spiro atoms. The summed E-state index contributed by atoms with van der Waals surface area (Å²) in [6, 6.07) is 65.0. The fourth-order valence-corrected chi connectivity index (χ4v) is 11.2. The number of pyridine rings is 1. The van der Waals surface area contributed by atoms with E-state index in [-0.39, 0.29) is 59.4 Å². The Bertz CT molecular complexity index is 4880. The third-order valence-corrected chi connectivity index (χ3v) is 14.0. The molecular formula is C65H41N5. The summed E-state index contributed by atoms with van der Waals surface area (Å²) in [7, 11) is 0. The molecule has 0 unspecified atom stereocenters. The highest BCUT2D eigenvalue weighted by Gasteiger charge is 2.26. The van der Waals surface area contributed by atoms with Gasteiger partial charge in [-0.2, -0.15) is 0 Å². The second-order valence-electron chi connectivity index (χ2n) is 17.7. The van der Waals surface area contributed by atoms with Gasteiger partial charge in [-0.05, 0) is 72.2 Å². The van der Waals surface area contributed by atoms with E-state index in [1.807, 2.05) is 100 Å². The summed E-state index contributed by atoms with van der Waals surface area (Å²) in [5.41, 5.74) is 11.1. The molecule has 0 bridgehead atoms. The van der Waals surface area contributed by atoms with E-state index in [0.717, 1.165) is 71.7 Å². The maximum absolute atomic E-state index is 9.59. The molecule has 0 aliphatic rings. The van der Waals surface area contributed by atoms with Crippen LogP contribution in [0.1, 0.15) is 11.0 Å². The van der Waals surface area contributed by atoms with Crippen molar-refractivity contribution in [3.05, 3.63) is 249 Å². The van der Waals surface area contributed by atoms with E-state index in [0.29, 0.717) is 49.8 Å². The second-order valence-corrected chi connectivity index (χ2v) is 17.7. The van der Waals surface area contributed by atoms with Crippen LogP contribution in [0.4, 0.5) is 0 Å². The molecule has 0 atom stereocenters. The first-order chi connectivity index (χ1) is 38.1. The first kappa shape index (κ1) is 31.5. The number of aromatic nitrogens is 5. The molecule has 5 heteroatoms. The van der Waals surface area contributed by atoms with Gasteiger partial charge < -0.3 is 13.7 Å². The molecular weight excluding hydrogens is 851 g/mol. The summed E-state index contributed by atoms with van der Waals surface area (Å²) in [4.78, 5) is 5.76. The Morgan fingerprint density at radius 2 is 0.771 bits per heavy atom. The van der Waals surface area contributed by atoms with Crippen molar-refractivity contribution in [3.63, 3.8) is 0 Å². The van der Waals surface area contributed by atoms with Crippen LogP contribution in [0.5, 0.6) is 0 Å². The van der Waals surface area contributed by atoms with Crippen LogP contribution >= 0.6 is 0 Å². The van der Waals surface area contributed by atoms with E-state index in [1.54, 1.807) is 0 Å². The molecule has 0 amide bonds. The Labute approximate surface area is 413 Å². The van der Waals surface area contributed by atoms with Crippen molar-refractivity contribution in [2.75, 3.05) is 0 Å². The van der Waals surface area contributed by atoms with Crippen molar-refractivity contribution >= 4 is 87.2 Å². The number of nitrogens with zero attached hydrogens (tertiary/aromatic N) is 5. The van der Waals surface area contributed by atoms with Crippen LogP contribution in [-0.4, -0.2) is 23.3 Å². The normalized spacial score (nSPS) is 13.6. The first-order valence-electron chi connectivity index (χ1n) is 27.3. The van der Waals surface area contributed by atoms with E-state index >= 15 is 0 Å². The number of rotatable bonds is 6. The lowest BCUT2D eigenvalue weighted by molar-refractivity contribution is 1.06. The summed E-state index contributed by atoms with van der Waals surface area (Å²) in [6.07, 6.45) is 0. The summed E-state index contributed by atoms with van der Waals surface area (Å²) in [5.74, 6) is 0.324. The molecule has 10 aromatic carbocycles. The predicted molar refractivity (Wildman–Crippen MR) is 292 cm³/mol. The highest BCUT2D eigenvalue weighted by atomic mass is 15.1. The topological polar surface area (TPSA) is 32.6 Å². The molecule has 5 nitrogen and oxygen atoms in total. The van der Waals surface area contributed by atoms with Gasteiger partial charge in [-0.1, -0.05) is 176 Å². The van der Waals surface area contributed by atoms with Gasteiger partial charge in [0.25, 0.3) is 0 Å². The van der Waals surface area contributed by atoms with Gasteiger partial charge in [-0.25, -0.2) is 4.98 Å². The van der Waals surface area contributed by atoms with Gasteiger partial charge in [-0.15, -0.1) is 0 Å². The average molecular weight is 900 g/mol. The molecule has 5 heterocycles. The van der Waals surface area contributed by atoms with Crippen LogP contribution in [0.2, 0.25) is 0 Å². The molecule has 0 radical (unpaired) electrons. The van der Waals surface area contributed by atoms with Crippen molar-refractivity contribution in [1.82, 2.24) is 23.3 Å². The minimum atomic E-state index is -0.382. The highest BCUT2D eigenvalue weighted by molar-refractivity contribution is 6.16. The summed E-state index contributed by atoms with van der Waals surface area (Å²) in [6.45, 7) is 0. The fraction of sp³-hybridized carbons (Fsp3) is 0. The van der Waals surface area contributed by atoms with Crippen LogP contribution in [-0.2, 0) is 0 Å². The van der Waals surface area contributed by atoms with Gasteiger partial charge in [0.2, 0.25) is 0 Å². The van der Waals surface area contributed by atoms with Crippen molar-refractivity contribution in [2.24, 2.45) is 0 Å². The van der Waals surface area contributed by atoms with E-state index in [4.69, 9.17) is 10.5 Å². The summed E-state index contributed by atoms with van der Waals surface area (Å²) in [5, 5.41) is 6.25. The van der Waals surface area contributed by atoms with Crippen molar-refractivity contribution in [3.8, 4) is 45.3 Å². The molecule has 15 rings (SSSR count). The average Bonchev–Trinajstić information content (AvgIpc) is 4.40. The van der Waals surface area contributed by atoms with Crippen LogP contribution in [0.3, 0.4) is 0 Å². The third kappa shape index (κ3) is 5.51. The van der Waals surface area contributed by atoms with Crippen molar-refractivity contribution in [1.29, 1.82) is 0 Å². The zero-order valence-corrected chi connectivity index (χ0v) is 37.3. The minimum Gasteiger partial charge on any atom is -0.309 e. The molecule has 0 aliphatic carbocycles. The summed E-state index contributed by atoms with van der Waals surface area (Å²) < 4.78 is 81.9. The molecule has 0 aliphatic heterocycles. The number of hydrogen-bond acceptors (Lipinski definition) is 1. The molecule has 5 aromatic heterocycles.